The minimum absolute atomic E-state index is 0.0694. The molecule has 1 atom stereocenters. The average Bonchev–Trinajstić information content (AvgIpc) is 2.88. The summed E-state index contributed by atoms with van der Waals surface area (Å²) < 4.78 is 7.92. The zero-order valence-electron chi connectivity index (χ0n) is 10.5. The fraction of sp³-hybridized carbons (Fsp3) is 0.769. The van der Waals surface area contributed by atoms with Crippen molar-refractivity contribution in [1.29, 1.82) is 5.26 Å². The molecule has 1 aromatic heterocycles. The number of nitriles is 1. The van der Waals surface area contributed by atoms with E-state index in [1.807, 2.05) is 10.8 Å². The Morgan fingerprint density at radius 1 is 1.39 bits per heavy atom. The standard InChI is InChI=1S/C13H18N4O/c14-9-12-15-10-17(16-12)11-4-7-18-13(8-11)5-2-1-3-6-13/h10-11H,1-8H2. The molecule has 1 aliphatic heterocycles. The molecule has 0 N–H and O–H groups in total. The third-order valence-electron chi connectivity index (χ3n) is 4.21. The third kappa shape index (κ3) is 2.13. The molecule has 0 bridgehead atoms. The van der Waals surface area contributed by atoms with Gasteiger partial charge in [-0.2, -0.15) is 5.26 Å². The second kappa shape index (κ2) is 4.69. The Kier molecular flexibility index (Phi) is 3.04. The van der Waals surface area contributed by atoms with Gasteiger partial charge in [0.15, 0.2) is 0 Å². The summed E-state index contributed by atoms with van der Waals surface area (Å²) in [6.45, 7) is 0.798. The van der Waals surface area contributed by atoms with Crippen LogP contribution in [0.3, 0.4) is 0 Å². The highest BCUT2D eigenvalue weighted by atomic mass is 16.5. The van der Waals surface area contributed by atoms with Crippen molar-refractivity contribution in [1.82, 2.24) is 14.8 Å². The Morgan fingerprint density at radius 3 is 2.94 bits per heavy atom. The van der Waals surface area contributed by atoms with Gasteiger partial charge in [0.2, 0.25) is 0 Å². The summed E-state index contributed by atoms with van der Waals surface area (Å²) in [5.74, 6) is 0.263. The molecule has 1 saturated carbocycles. The summed E-state index contributed by atoms with van der Waals surface area (Å²) in [7, 11) is 0. The normalized spacial score (nSPS) is 26.9. The Bertz CT molecular complexity index is 450. The van der Waals surface area contributed by atoms with Crippen molar-refractivity contribution in [3.05, 3.63) is 12.2 Å². The molecule has 2 aliphatic rings. The number of hydrogen-bond donors (Lipinski definition) is 0. The van der Waals surface area contributed by atoms with Gasteiger partial charge in [-0.05, 0) is 25.7 Å². The highest BCUT2D eigenvalue weighted by molar-refractivity contribution is 5.06. The number of hydrogen-bond acceptors (Lipinski definition) is 4. The zero-order chi connectivity index (χ0) is 12.4. The Hall–Kier alpha value is -1.41. The molecule has 2 fully saturated rings. The predicted octanol–water partition coefficient (Wildman–Crippen LogP) is 2.20. The van der Waals surface area contributed by atoms with E-state index in [4.69, 9.17) is 10.00 Å². The van der Waals surface area contributed by atoms with Crippen molar-refractivity contribution in [2.24, 2.45) is 0 Å². The monoisotopic (exact) mass is 246 g/mol. The summed E-state index contributed by atoms with van der Waals surface area (Å²) in [6, 6.07) is 2.32. The SMILES string of the molecule is N#Cc1ncn(C2CCOC3(CCCCC3)C2)n1. The average molecular weight is 246 g/mol. The van der Waals surface area contributed by atoms with Crippen LogP contribution >= 0.6 is 0 Å². The van der Waals surface area contributed by atoms with E-state index >= 15 is 0 Å². The van der Waals surface area contributed by atoms with Gasteiger partial charge in [-0.25, -0.2) is 9.67 Å². The van der Waals surface area contributed by atoms with E-state index < -0.39 is 0 Å². The maximum absolute atomic E-state index is 8.78. The van der Waals surface area contributed by atoms with Crippen LogP contribution in [-0.2, 0) is 4.74 Å². The van der Waals surface area contributed by atoms with E-state index in [1.165, 1.54) is 32.1 Å². The molecule has 1 unspecified atom stereocenters. The molecule has 0 amide bonds. The highest BCUT2D eigenvalue weighted by Gasteiger charge is 2.39. The van der Waals surface area contributed by atoms with Crippen LogP contribution in [0.15, 0.2) is 6.33 Å². The first-order valence-electron chi connectivity index (χ1n) is 6.77. The lowest BCUT2D eigenvalue weighted by Gasteiger charge is -2.43. The molecule has 0 radical (unpaired) electrons. The quantitative estimate of drug-likeness (QED) is 0.762. The summed E-state index contributed by atoms with van der Waals surface area (Å²) in [5, 5.41) is 13.0. The fourth-order valence-corrected chi connectivity index (χ4v) is 3.27. The summed E-state index contributed by atoms with van der Waals surface area (Å²) >= 11 is 0. The molecule has 5 heteroatoms. The minimum Gasteiger partial charge on any atom is -0.375 e. The molecule has 0 aromatic carbocycles. The van der Waals surface area contributed by atoms with Gasteiger partial charge in [0, 0.05) is 6.61 Å². The molecule has 1 spiro atoms. The molecule has 18 heavy (non-hydrogen) atoms. The van der Waals surface area contributed by atoms with Gasteiger partial charge < -0.3 is 4.74 Å². The van der Waals surface area contributed by atoms with Gasteiger partial charge >= 0.3 is 0 Å². The first-order chi connectivity index (χ1) is 8.81. The molecular formula is C13H18N4O. The topological polar surface area (TPSA) is 63.7 Å². The van der Waals surface area contributed by atoms with Crippen molar-refractivity contribution in [2.45, 2.75) is 56.6 Å². The molecule has 5 nitrogen and oxygen atoms in total. The molecule has 1 aromatic rings. The van der Waals surface area contributed by atoms with Crippen molar-refractivity contribution in [3.63, 3.8) is 0 Å². The van der Waals surface area contributed by atoms with Gasteiger partial charge in [-0.15, -0.1) is 5.10 Å². The Balaban J connectivity index is 1.75. The highest BCUT2D eigenvalue weighted by Crippen LogP contribution is 2.41. The van der Waals surface area contributed by atoms with Crippen molar-refractivity contribution in [3.8, 4) is 6.07 Å². The molecule has 2 heterocycles. The predicted molar refractivity (Wildman–Crippen MR) is 64.8 cm³/mol. The lowest BCUT2D eigenvalue weighted by Crippen LogP contribution is -2.42. The first-order valence-corrected chi connectivity index (χ1v) is 6.77. The van der Waals surface area contributed by atoms with Crippen LogP contribution in [0.4, 0.5) is 0 Å². The van der Waals surface area contributed by atoms with Crippen LogP contribution in [0.25, 0.3) is 0 Å². The van der Waals surface area contributed by atoms with E-state index in [9.17, 15) is 0 Å². The van der Waals surface area contributed by atoms with E-state index in [1.54, 1.807) is 6.33 Å². The minimum atomic E-state index is 0.0694. The molecule has 1 saturated heterocycles. The van der Waals surface area contributed by atoms with Gasteiger partial charge in [0.25, 0.3) is 5.82 Å². The summed E-state index contributed by atoms with van der Waals surface area (Å²) in [6.07, 6.45) is 9.88. The second-order valence-electron chi connectivity index (χ2n) is 5.40. The Morgan fingerprint density at radius 2 is 2.22 bits per heavy atom. The summed E-state index contributed by atoms with van der Waals surface area (Å²) in [5.41, 5.74) is 0.0694. The van der Waals surface area contributed by atoms with Crippen LogP contribution in [0.2, 0.25) is 0 Å². The number of aromatic nitrogens is 3. The van der Waals surface area contributed by atoms with E-state index in [2.05, 4.69) is 10.1 Å². The van der Waals surface area contributed by atoms with Crippen LogP contribution in [0.5, 0.6) is 0 Å². The van der Waals surface area contributed by atoms with Crippen LogP contribution in [0, 0.1) is 11.3 Å². The first kappa shape index (κ1) is 11.7. The van der Waals surface area contributed by atoms with E-state index in [0.29, 0.717) is 6.04 Å². The number of rotatable bonds is 1. The lowest BCUT2D eigenvalue weighted by atomic mass is 9.78. The van der Waals surface area contributed by atoms with Crippen molar-refractivity contribution < 1.29 is 4.74 Å². The zero-order valence-corrected chi connectivity index (χ0v) is 10.5. The maximum Gasteiger partial charge on any atom is 0.252 e. The van der Waals surface area contributed by atoms with Crippen molar-refractivity contribution in [2.75, 3.05) is 6.61 Å². The second-order valence-corrected chi connectivity index (χ2v) is 5.40. The van der Waals surface area contributed by atoms with Crippen LogP contribution in [0.1, 0.15) is 56.8 Å². The summed E-state index contributed by atoms with van der Waals surface area (Å²) in [4.78, 5) is 3.99. The Labute approximate surface area is 107 Å². The molecule has 96 valence electrons. The molecule has 3 rings (SSSR count). The van der Waals surface area contributed by atoms with E-state index in [-0.39, 0.29) is 11.4 Å². The van der Waals surface area contributed by atoms with Crippen LogP contribution in [-0.4, -0.2) is 27.0 Å². The van der Waals surface area contributed by atoms with E-state index in [0.717, 1.165) is 19.4 Å². The molecule has 1 aliphatic carbocycles. The van der Waals surface area contributed by atoms with Crippen molar-refractivity contribution >= 4 is 0 Å². The number of ether oxygens (including phenoxy) is 1. The maximum atomic E-state index is 8.78. The third-order valence-corrected chi connectivity index (χ3v) is 4.21. The smallest absolute Gasteiger partial charge is 0.252 e. The molecular weight excluding hydrogens is 228 g/mol. The van der Waals surface area contributed by atoms with Crippen LogP contribution < -0.4 is 0 Å². The van der Waals surface area contributed by atoms with Gasteiger partial charge in [-0.1, -0.05) is 19.3 Å². The number of nitrogens with zero attached hydrogens (tertiary/aromatic N) is 4. The fourth-order valence-electron chi connectivity index (χ4n) is 3.27. The van der Waals surface area contributed by atoms with Gasteiger partial charge in [0.1, 0.15) is 12.4 Å². The largest absolute Gasteiger partial charge is 0.375 e. The van der Waals surface area contributed by atoms with Gasteiger partial charge in [-0.3, -0.25) is 0 Å². The lowest BCUT2D eigenvalue weighted by molar-refractivity contribution is -0.115. The van der Waals surface area contributed by atoms with Gasteiger partial charge in [0.05, 0.1) is 11.6 Å².